The number of aromatic nitrogens is 5. The lowest BCUT2D eigenvalue weighted by Gasteiger charge is -2.17. The molecule has 4 aromatic rings. The van der Waals surface area contributed by atoms with Gasteiger partial charge >= 0.3 is 0 Å². The summed E-state index contributed by atoms with van der Waals surface area (Å²) in [6, 6.07) is 7.15. The molecule has 2 heterocycles. The van der Waals surface area contributed by atoms with E-state index in [1.807, 2.05) is 6.07 Å². The highest BCUT2D eigenvalue weighted by Gasteiger charge is 2.32. The second kappa shape index (κ2) is 7.86. The summed E-state index contributed by atoms with van der Waals surface area (Å²) in [6.07, 6.45) is 0. The van der Waals surface area contributed by atoms with Crippen LogP contribution in [0.2, 0.25) is 0 Å². The van der Waals surface area contributed by atoms with Gasteiger partial charge in [0.2, 0.25) is 15.8 Å². The fraction of sp³-hybridized carbons (Fsp3) is 0.176. The highest BCUT2D eigenvalue weighted by Crippen LogP contribution is 2.42. The number of hydrogen-bond donors (Lipinski definition) is 4. The number of benzene rings is 2. The van der Waals surface area contributed by atoms with Crippen LogP contribution in [0.3, 0.4) is 0 Å². The van der Waals surface area contributed by atoms with Gasteiger partial charge in [-0.25, -0.2) is 27.0 Å². The van der Waals surface area contributed by atoms with Crippen molar-refractivity contribution in [2.45, 2.75) is 22.8 Å². The normalized spacial score (nSPS) is 13.5. The number of nitrogens with one attached hydrogen (secondary N) is 1. The van der Waals surface area contributed by atoms with Gasteiger partial charge in [0.1, 0.15) is 4.90 Å². The van der Waals surface area contributed by atoms with Crippen LogP contribution in [0, 0.1) is 0 Å². The average Bonchev–Trinajstić information content (AvgIpc) is 3.33. The zero-order valence-electron chi connectivity index (χ0n) is 16.5. The number of aromatic amines is 1. The number of anilines is 1. The summed E-state index contributed by atoms with van der Waals surface area (Å²) in [6.45, 7) is 1.50. The summed E-state index contributed by atoms with van der Waals surface area (Å²) in [5.41, 5.74) is 12.7. The molecule has 0 spiro atoms. The first-order valence-corrected chi connectivity index (χ1v) is 13.1. The van der Waals surface area contributed by atoms with Gasteiger partial charge in [0.25, 0.3) is 0 Å². The number of fused-ring (bicyclic) bond motifs is 1. The lowest BCUT2D eigenvalue weighted by atomic mass is 9.98. The highest BCUT2D eigenvalue weighted by atomic mass is 32.2. The van der Waals surface area contributed by atoms with Crippen molar-refractivity contribution in [2.24, 2.45) is 10.9 Å². The van der Waals surface area contributed by atoms with Crippen molar-refractivity contribution in [3.8, 4) is 22.5 Å². The Bertz CT molecular complexity index is 1530. The standard InChI is InChI=1S/C17H18N8O4S3/c1-8(18)7-31(26,27)12-6-5-9(10-3-2-4-11-14(10)21-17(19)30-11)13(15(12)32(20,28)29)16-22-24-25-23-16/h2-6,8H,7,18H2,1H3,(H2,19,21)(H2,20,28,29)(H,22,23,24,25). The third-order valence-corrected chi connectivity index (χ3v) is 8.47. The summed E-state index contributed by atoms with van der Waals surface area (Å²) in [4.78, 5) is 3.19. The molecular formula is C17H18N8O4S3. The van der Waals surface area contributed by atoms with Crippen molar-refractivity contribution in [3.05, 3.63) is 30.3 Å². The number of H-pyrrole nitrogens is 1. The number of nitrogen functional groups attached to an aromatic ring is 1. The Kier molecular flexibility index (Phi) is 5.46. The number of hydrogen-bond acceptors (Lipinski definition) is 11. The summed E-state index contributed by atoms with van der Waals surface area (Å²) in [7, 11) is -8.70. The van der Waals surface area contributed by atoms with Gasteiger partial charge in [-0.3, -0.25) is 0 Å². The Balaban J connectivity index is 2.16. The Morgan fingerprint density at radius 2 is 1.88 bits per heavy atom. The lowest BCUT2D eigenvalue weighted by Crippen LogP contribution is -2.28. The van der Waals surface area contributed by atoms with E-state index in [9.17, 15) is 16.8 Å². The lowest BCUT2D eigenvalue weighted by molar-refractivity contribution is 0.580. The Hall–Kier alpha value is -2.98. The molecule has 7 N–H and O–H groups in total. The van der Waals surface area contributed by atoms with E-state index in [2.05, 4.69) is 25.6 Å². The molecule has 0 aliphatic carbocycles. The predicted octanol–water partition coefficient (Wildman–Crippen LogP) is 0.494. The number of sulfonamides is 1. The number of thiazole rings is 1. The number of primary sulfonamides is 1. The number of nitrogens with zero attached hydrogens (tertiary/aromatic N) is 4. The molecule has 0 aliphatic rings. The van der Waals surface area contributed by atoms with Crippen LogP contribution in [0.25, 0.3) is 32.7 Å². The summed E-state index contributed by atoms with van der Waals surface area (Å²) >= 11 is 1.25. The molecule has 1 atom stereocenters. The molecule has 32 heavy (non-hydrogen) atoms. The molecule has 1 unspecified atom stereocenters. The Morgan fingerprint density at radius 1 is 1.12 bits per heavy atom. The maximum atomic E-state index is 13.0. The quantitative estimate of drug-likeness (QED) is 0.291. The van der Waals surface area contributed by atoms with E-state index in [1.165, 1.54) is 30.4 Å². The van der Waals surface area contributed by atoms with Gasteiger partial charge in [-0.05, 0) is 29.8 Å². The number of rotatable bonds is 6. The molecule has 15 heteroatoms. The van der Waals surface area contributed by atoms with Gasteiger partial charge in [-0.15, -0.1) is 10.2 Å². The van der Waals surface area contributed by atoms with Crippen molar-refractivity contribution in [1.82, 2.24) is 25.6 Å². The minimum absolute atomic E-state index is 0.119. The monoisotopic (exact) mass is 494 g/mol. The smallest absolute Gasteiger partial charge is 0.240 e. The van der Waals surface area contributed by atoms with Crippen molar-refractivity contribution in [1.29, 1.82) is 0 Å². The average molecular weight is 495 g/mol. The van der Waals surface area contributed by atoms with Crippen LogP contribution in [0.1, 0.15) is 6.92 Å². The number of para-hydroxylation sites is 1. The van der Waals surface area contributed by atoms with Gasteiger partial charge in [0.05, 0.1) is 26.4 Å². The first-order valence-electron chi connectivity index (χ1n) is 9.06. The van der Waals surface area contributed by atoms with Crippen LogP contribution in [0.5, 0.6) is 0 Å². The van der Waals surface area contributed by atoms with E-state index in [4.69, 9.17) is 16.6 Å². The zero-order valence-corrected chi connectivity index (χ0v) is 19.0. The largest absolute Gasteiger partial charge is 0.375 e. The van der Waals surface area contributed by atoms with E-state index in [-0.39, 0.29) is 11.4 Å². The van der Waals surface area contributed by atoms with Crippen molar-refractivity contribution in [2.75, 3.05) is 11.5 Å². The molecule has 0 saturated heterocycles. The SMILES string of the molecule is CC(N)CS(=O)(=O)c1ccc(-c2cccc3sc(N)nc23)c(-c2nn[nH]n2)c1S(N)(=O)=O. The van der Waals surface area contributed by atoms with Crippen LogP contribution in [0.15, 0.2) is 40.1 Å². The molecule has 0 amide bonds. The van der Waals surface area contributed by atoms with Crippen LogP contribution < -0.4 is 16.6 Å². The van der Waals surface area contributed by atoms with Gasteiger partial charge in [0.15, 0.2) is 15.0 Å². The van der Waals surface area contributed by atoms with Gasteiger partial charge in [0, 0.05) is 11.6 Å². The Labute approximate surface area is 186 Å². The van der Waals surface area contributed by atoms with Gasteiger partial charge < -0.3 is 11.5 Å². The minimum atomic E-state index is -4.57. The van der Waals surface area contributed by atoms with Crippen LogP contribution in [-0.4, -0.2) is 54.2 Å². The molecule has 0 radical (unpaired) electrons. The number of tetrazole rings is 1. The third kappa shape index (κ3) is 3.95. The zero-order chi connectivity index (χ0) is 23.3. The molecule has 168 valence electrons. The highest BCUT2D eigenvalue weighted by molar-refractivity contribution is 7.93. The van der Waals surface area contributed by atoms with Crippen LogP contribution in [0.4, 0.5) is 5.13 Å². The van der Waals surface area contributed by atoms with Crippen LogP contribution >= 0.6 is 11.3 Å². The molecule has 2 aromatic heterocycles. The van der Waals surface area contributed by atoms with Crippen molar-refractivity contribution < 1.29 is 16.8 Å². The second-order valence-corrected chi connectivity index (χ2v) is 11.6. The summed E-state index contributed by atoms with van der Waals surface area (Å²) < 4.78 is 52.2. The first kappa shape index (κ1) is 22.2. The molecule has 0 bridgehead atoms. The number of nitrogens with two attached hydrogens (primary N) is 3. The second-order valence-electron chi connectivity index (χ2n) is 7.06. The van der Waals surface area contributed by atoms with Crippen molar-refractivity contribution in [3.63, 3.8) is 0 Å². The first-order chi connectivity index (χ1) is 15.0. The Morgan fingerprint density at radius 3 is 2.50 bits per heavy atom. The van der Waals surface area contributed by atoms with E-state index in [1.54, 1.807) is 12.1 Å². The van der Waals surface area contributed by atoms with Gasteiger partial charge in [-0.1, -0.05) is 29.5 Å². The van der Waals surface area contributed by atoms with Crippen LogP contribution in [-0.2, 0) is 19.9 Å². The molecule has 4 rings (SSSR count). The summed E-state index contributed by atoms with van der Waals surface area (Å²) in [5, 5.41) is 19.3. The van der Waals surface area contributed by atoms with Gasteiger partial charge in [-0.2, -0.15) is 5.21 Å². The maximum absolute atomic E-state index is 13.0. The maximum Gasteiger partial charge on any atom is 0.240 e. The van der Waals surface area contributed by atoms with E-state index in [0.29, 0.717) is 21.8 Å². The molecular weight excluding hydrogens is 476 g/mol. The fourth-order valence-electron chi connectivity index (χ4n) is 3.42. The molecule has 2 aromatic carbocycles. The van der Waals surface area contributed by atoms with Crippen molar-refractivity contribution >= 4 is 46.5 Å². The van der Waals surface area contributed by atoms with E-state index in [0.717, 1.165) is 4.70 Å². The molecule has 12 nitrogen and oxygen atoms in total. The molecule has 0 fully saturated rings. The van der Waals surface area contributed by atoms with E-state index >= 15 is 0 Å². The topological polar surface area (TPSA) is 214 Å². The fourth-order valence-corrected chi connectivity index (χ4v) is 7.28. The third-order valence-electron chi connectivity index (χ3n) is 4.52. The summed E-state index contributed by atoms with van der Waals surface area (Å²) in [5.74, 6) is -0.638. The number of sulfone groups is 1. The predicted molar refractivity (Wildman–Crippen MR) is 120 cm³/mol. The van der Waals surface area contributed by atoms with E-state index < -0.39 is 41.4 Å². The molecule has 0 saturated carbocycles. The molecule has 0 aliphatic heterocycles. The minimum Gasteiger partial charge on any atom is -0.375 e.